The molecule has 2 fully saturated rings. The Morgan fingerprint density at radius 1 is 1.38 bits per heavy atom. The molecule has 2 atom stereocenters. The zero-order chi connectivity index (χ0) is 15.0. The highest BCUT2D eigenvalue weighted by Crippen LogP contribution is 2.50. The van der Waals surface area contributed by atoms with Crippen molar-refractivity contribution >= 4 is 17.2 Å². The summed E-state index contributed by atoms with van der Waals surface area (Å²) < 4.78 is 0. The average molecular weight is 306 g/mol. The van der Waals surface area contributed by atoms with E-state index in [1.54, 1.807) is 0 Å². The van der Waals surface area contributed by atoms with Gasteiger partial charge in [0.2, 0.25) is 5.91 Å². The summed E-state index contributed by atoms with van der Waals surface area (Å²) in [6.07, 6.45) is 3.31. The van der Waals surface area contributed by atoms with Crippen LogP contribution < -0.4 is 0 Å². The van der Waals surface area contributed by atoms with E-state index in [0.717, 1.165) is 38.9 Å². The molecule has 0 N–H and O–H groups in total. The zero-order valence-electron chi connectivity index (χ0n) is 13.3. The summed E-state index contributed by atoms with van der Waals surface area (Å²) in [5.74, 6) is 1.12. The number of amides is 1. The standard InChI is InChI=1S/C17H26N2OS/c1-4-19-9-7-13(8-10-19)18(3)17(20)15-11-14(15)16-6-5-12(2)21-16/h5-6,13-15H,4,7-11H2,1-3H3/t14-,15-/m1/s1. The first-order valence-electron chi connectivity index (χ1n) is 8.15. The van der Waals surface area contributed by atoms with E-state index >= 15 is 0 Å². The smallest absolute Gasteiger partial charge is 0.226 e. The highest BCUT2D eigenvalue weighted by Gasteiger charge is 2.46. The maximum Gasteiger partial charge on any atom is 0.226 e. The van der Waals surface area contributed by atoms with E-state index in [9.17, 15) is 4.79 Å². The van der Waals surface area contributed by atoms with E-state index in [-0.39, 0.29) is 5.92 Å². The Bertz CT molecular complexity index is 505. The molecular weight excluding hydrogens is 280 g/mol. The average Bonchev–Trinajstić information content (AvgIpc) is 3.20. The predicted molar refractivity (Wildman–Crippen MR) is 87.8 cm³/mol. The van der Waals surface area contributed by atoms with Crippen LogP contribution in [-0.2, 0) is 4.79 Å². The third-order valence-corrected chi connectivity index (χ3v) is 6.27. The predicted octanol–water partition coefficient (Wildman–Crippen LogP) is 3.10. The Balaban J connectivity index is 1.54. The minimum absolute atomic E-state index is 0.247. The van der Waals surface area contributed by atoms with Crippen molar-refractivity contribution in [2.45, 2.75) is 45.1 Å². The Morgan fingerprint density at radius 3 is 2.67 bits per heavy atom. The van der Waals surface area contributed by atoms with Crippen molar-refractivity contribution in [2.75, 3.05) is 26.7 Å². The van der Waals surface area contributed by atoms with Crippen molar-refractivity contribution in [2.24, 2.45) is 5.92 Å². The second-order valence-electron chi connectivity index (χ2n) is 6.51. The second kappa shape index (κ2) is 6.09. The number of likely N-dealkylation sites (tertiary alicyclic amines) is 1. The van der Waals surface area contributed by atoms with Gasteiger partial charge in [0, 0.05) is 47.8 Å². The first kappa shape index (κ1) is 15.0. The van der Waals surface area contributed by atoms with Crippen molar-refractivity contribution in [1.29, 1.82) is 0 Å². The SMILES string of the molecule is CCN1CCC(N(C)C(=O)[C@@H]2C[C@H]2c2ccc(C)s2)CC1. The monoisotopic (exact) mass is 306 g/mol. The van der Waals surface area contributed by atoms with Crippen LogP contribution in [0.1, 0.15) is 41.9 Å². The minimum Gasteiger partial charge on any atom is -0.342 e. The van der Waals surface area contributed by atoms with Gasteiger partial charge in [0.25, 0.3) is 0 Å². The lowest BCUT2D eigenvalue weighted by atomic mass is 10.0. The van der Waals surface area contributed by atoms with E-state index in [1.165, 1.54) is 9.75 Å². The number of aryl methyl sites for hydroxylation is 1. The molecule has 21 heavy (non-hydrogen) atoms. The molecule has 1 amide bonds. The molecule has 1 aliphatic heterocycles. The molecule has 2 heterocycles. The molecule has 2 aliphatic rings. The number of carbonyl (C=O) groups excluding carboxylic acids is 1. The maximum absolute atomic E-state index is 12.7. The third-order valence-electron chi connectivity index (χ3n) is 5.13. The maximum atomic E-state index is 12.7. The zero-order valence-corrected chi connectivity index (χ0v) is 14.2. The molecule has 1 saturated heterocycles. The van der Waals surface area contributed by atoms with Gasteiger partial charge in [0.15, 0.2) is 0 Å². The molecule has 116 valence electrons. The molecule has 3 rings (SSSR count). The number of nitrogens with zero attached hydrogens (tertiary/aromatic N) is 2. The minimum atomic E-state index is 0.247. The van der Waals surface area contributed by atoms with E-state index in [1.807, 2.05) is 18.4 Å². The van der Waals surface area contributed by atoms with Crippen LogP contribution in [0, 0.1) is 12.8 Å². The van der Waals surface area contributed by atoms with Crippen LogP contribution in [0.5, 0.6) is 0 Å². The van der Waals surface area contributed by atoms with Crippen LogP contribution in [-0.4, -0.2) is 48.4 Å². The van der Waals surface area contributed by atoms with Gasteiger partial charge in [0.1, 0.15) is 0 Å². The largest absolute Gasteiger partial charge is 0.342 e. The van der Waals surface area contributed by atoms with Crippen LogP contribution in [0.3, 0.4) is 0 Å². The molecule has 1 aliphatic carbocycles. The van der Waals surface area contributed by atoms with Crippen molar-refractivity contribution in [3.05, 3.63) is 21.9 Å². The van der Waals surface area contributed by atoms with E-state index in [0.29, 0.717) is 17.9 Å². The van der Waals surface area contributed by atoms with Crippen LogP contribution in [0.2, 0.25) is 0 Å². The second-order valence-corrected chi connectivity index (χ2v) is 7.83. The van der Waals surface area contributed by atoms with Gasteiger partial charge in [-0.25, -0.2) is 0 Å². The van der Waals surface area contributed by atoms with Crippen molar-refractivity contribution in [3.63, 3.8) is 0 Å². The summed E-state index contributed by atoms with van der Waals surface area (Å²) in [6.45, 7) is 7.76. The fourth-order valence-corrected chi connectivity index (χ4v) is 4.56. The Hall–Kier alpha value is -0.870. The first-order chi connectivity index (χ1) is 10.1. The summed E-state index contributed by atoms with van der Waals surface area (Å²) in [4.78, 5) is 19.9. The Kier molecular flexibility index (Phi) is 4.36. The quantitative estimate of drug-likeness (QED) is 0.853. The molecule has 1 aromatic rings. The number of piperidine rings is 1. The van der Waals surface area contributed by atoms with E-state index in [4.69, 9.17) is 0 Å². The highest BCUT2D eigenvalue weighted by atomic mass is 32.1. The molecule has 3 nitrogen and oxygen atoms in total. The lowest BCUT2D eigenvalue weighted by molar-refractivity contribution is -0.134. The van der Waals surface area contributed by atoms with Gasteiger partial charge in [0.05, 0.1) is 0 Å². The highest BCUT2D eigenvalue weighted by molar-refractivity contribution is 7.12. The van der Waals surface area contributed by atoms with Gasteiger partial charge in [-0.05, 0) is 44.9 Å². The van der Waals surface area contributed by atoms with Crippen LogP contribution in [0.4, 0.5) is 0 Å². The molecule has 0 unspecified atom stereocenters. The van der Waals surface area contributed by atoms with E-state index < -0.39 is 0 Å². The summed E-state index contributed by atoms with van der Waals surface area (Å²) >= 11 is 1.85. The lowest BCUT2D eigenvalue weighted by Gasteiger charge is -2.36. The molecule has 1 saturated carbocycles. The summed E-state index contributed by atoms with van der Waals surface area (Å²) in [5, 5.41) is 0. The van der Waals surface area contributed by atoms with Crippen molar-refractivity contribution in [3.8, 4) is 0 Å². The Morgan fingerprint density at radius 2 is 2.10 bits per heavy atom. The van der Waals surface area contributed by atoms with Crippen LogP contribution in [0.15, 0.2) is 12.1 Å². The molecule has 0 spiro atoms. The summed E-state index contributed by atoms with van der Waals surface area (Å²) in [7, 11) is 2.02. The number of rotatable bonds is 4. The van der Waals surface area contributed by atoms with Crippen molar-refractivity contribution in [1.82, 2.24) is 9.80 Å². The fraction of sp³-hybridized carbons (Fsp3) is 0.706. The third kappa shape index (κ3) is 3.16. The van der Waals surface area contributed by atoms with Gasteiger partial charge >= 0.3 is 0 Å². The van der Waals surface area contributed by atoms with Crippen molar-refractivity contribution < 1.29 is 4.79 Å². The molecule has 0 bridgehead atoms. The fourth-order valence-electron chi connectivity index (χ4n) is 3.50. The molecule has 1 aromatic heterocycles. The summed E-state index contributed by atoms with van der Waals surface area (Å²) in [5.41, 5.74) is 0. The summed E-state index contributed by atoms with van der Waals surface area (Å²) in [6, 6.07) is 4.83. The van der Waals surface area contributed by atoms with Crippen LogP contribution >= 0.6 is 11.3 Å². The van der Waals surface area contributed by atoms with Gasteiger partial charge in [-0.1, -0.05) is 6.92 Å². The van der Waals surface area contributed by atoms with Gasteiger partial charge in [-0.2, -0.15) is 0 Å². The molecular formula is C17H26N2OS. The number of carbonyl (C=O) groups is 1. The topological polar surface area (TPSA) is 23.6 Å². The van der Waals surface area contributed by atoms with Gasteiger partial charge in [-0.15, -0.1) is 11.3 Å². The first-order valence-corrected chi connectivity index (χ1v) is 8.97. The molecule has 0 radical (unpaired) electrons. The van der Waals surface area contributed by atoms with Crippen LogP contribution in [0.25, 0.3) is 0 Å². The van der Waals surface area contributed by atoms with E-state index in [2.05, 4.69) is 35.8 Å². The van der Waals surface area contributed by atoms with Gasteiger partial charge in [-0.3, -0.25) is 4.79 Å². The molecule has 4 heteroatoms. The molecule has 0 aromatic carbocycles. The normalized spacial score (nSPS) is 26.8. The number of hydrogen-bond acceptors (Lipinski definition) is 3. The van der Waals surface area contributed by atoms with Gasteiger partial charge < -0.3 is 9.80 Å². The number of hydrogen-bond donors (Lipinski definition) is 0. The number of thiophene rings is 1. The lowest BCUT2D eigenvalue weighted by Crippen LogP contribution is -2.46. The Labute approximate surface area is 131 Å².